The maximum Gasteiger partial charge on any atom is 0.330 e. The van der Waals surface area contributed by atoms with Gasteiger partial charge in [-0.2, -0.15) is 0 Å². The minimum absolute atomic E-state index is 0.315. The molecule has 0 atom stereocenters. The summed E-state index contributed by atoms with van der Waals surface area (Å²) in [5.74, 6) is -0.315. The average Bonchev–Trinajstić information content (AvgIpc) is 2.49. The number of hydrogen-bond donors (Lipinski definition) is 0. The van der Waals surface area contributed by atoms with Crippen molar-refractivity contribution < 1.29 is 14.0 Å². The Kier molecular flexibility index (Phi) is 11.8. The molecule has 4 heteroatoms. The zero-order chi connectivity index (χ0) is 15.3. The molecule has 0 rings (SSSR count). The first kappa shape index (κ1) is 19.4. The van der Waals surface area contributed by atoms with Crippen LogP contribution in [0, 0.1) is 0 Å². The number of unbranched alkanes of at least 4 members (excludes halogenated alkanes) is 5. The van der Waals surface area contributed by atoms with Crippen LogP contribution in [-0.4, -0.2) is 28.0 Å². The molecule has 0 fully saturated rings. The van der Waals surface area contributed by atoms with Gasteiger partial charge in [0.05, 0.1) is 6.61 Å². The van der Waals surface area contributed by atoms with Crippen LogP contribution in [0.3, 0.4) is 0 Å². The van der Waals surface area contributed by atoms with Crippen molar-refractivity contribution in [1.29, 1.82) is 0 Å². The first-order valence-corrected chi connectivity index (χ1v) is 10.5. The van der Waals surface area contributed by atoms with E-state index in [2.05, 4.69) is 20.4 Å². The zero-order valence-corrected chi connectivity index (χ0v) is 14.6. The Morgan fingerprint density at radius 2 is 1.60 bits per heavy atom. The van der Waals surface area contributed by atoms with Crippen LogP contribution in [0.1, 0.15) is 52.4 Å². The van der Waals surface area contributed by atoms with Crippen molar-refractivity contribution in [3.05, 3.63) is 12.7 Å². The molecule has 0 aliphatic heterocycles. The van der Waals surface area contributed by atoms with E-state index in [1.165, 1.54) is 49.9 Å². The molecule has 0 spiro atoms. The van der Waals surface area contributed by atoms with Crippen molar-refractivity contribution in [2.24, 2.45) is 0 Å². The quantitative estimate of drug-likeness (QED) is 0.214. The second-order valence-electron chi connectivity index (χ2n) is 5.34. The second kappa shape index (κ2) is 12.2. The Morgan fingerprint density at radius 1 is 1.05 bits per heavy atom. The van der Waals surface area contributed by atoms with Gasteiger partial charge in [0.25, 0.3) is 0 Å². The monoisotopic (exact) mass is 300 g/mol. The highest BCUT2D eigenvalue weighted by molar-refractivity contribution is 6.73. The molecule has 0 unspecified atom stereocenters. The Hall–Kier alpha value is -0.613. The number of carbonyl (C=O) groups excluding carboxylic acids is 1. The van der Waals surface area contributed by atoms with Gasteiger partial charge in [0.2, 0.25) is 0 Å². The highest BCUT2D eigenvalue weighted by Crippen LogP contribution is 2.24. The number of carbonyl (C=O) groups is 1. The van der Waals surface area contributed by atoms with Gasteiger partial charge < -0.3 is 9.16 Å². The van der Waals surface area contributed by atoms with Crippen molar-refractivity contribution in [3.8, 4) is 0 Å². The van der Waals surface area contributed by atoms with Gasteiger partial charge in [-0.05, 0) is 24.6 Å². The molecule has 0 radical (unpaired) electrons. The Bertz CT molecular complexity index is 254. The predicted octanol–water partition coefficient (Wildman–Crippen LogP) is 4.69. The first-order chi connectivity index (χ1) is 9.64. The standard InChI is InChI=1S/C16H32O3Si/c1-5-16(17)19-14-12-10-8-9-11-13-15-20(6-2,7-3)18-4/h5H,1,6-15H2,2-4H3. The molecule has 0 aromatic heterocycles. The van der Waals surface area contributed by atoms with E-state index in [-0.39, 0.29) is 5.97 Å². The molecule has 0 N–H and O–H groups in total. The summed E-state index contributed by atoms with van der Waals surface area (Å²) in [6.45, 7) is 8.43. The summed E-state index contributed by atoms with van der Waals surface area (Å²) in [6, 6.07) is 3.76. The molecule has 0 amide bonds. The lowest BCUT2D eigenvalue weighted by Crippen LogP contribution is -2.34. The van der Waals surface area contributed by atoms with E-state index in [9.17, 15) is 4.79 Å². The topological polar surface area (TPSA) is 35.5 Å². The molecule has 0 aromatic rings. The van der Waals surface area contributed by atoms with E-state index >= 15 is 0 Å². The van der Waals surface area contributed by atoms with Crippen molar-refractivity contribution in [2.45, 2.75) is 70.5 Å². The third-order valence-electron chi connectivity index (χ3n) is 4.16. The third kappa shape index (κ3) is 8.54. The smallest absolute Gasteiger partial charge is 0.330 e. The third-order valence-corrected chi connectivity index (χ3v) is 8.87. The minimum atomic E-state index is -1.38. The zero-order valence-electron chi connectivity index (χ0n) is 13.6. The van der Waals surface area contributed by atoms with E-state index in [1.807, 2.05) is 7.11 Å². The normalized spacial score (nSPS) is 11.3. The van der Waals surface area contributed by atoms with Gasteiger partial charge in [-0.1, -0.05) is 52.5 Å². The molecule has 0 bridgehead atoms. The van der Waals surface area contributed by atoms with Crippen molar-refractivity contribution in [2.75, 3.05) is 13.7 Å². The molecular formula is C16H32O3Si. The molecule has 0 aliphatic carbocycles. The Balaban J connectivity index is 3.44. The maximum atomic E-state index is 10.8. The van der Waals surface area contributed by atoms with Gasteiger partial charge in [-0.15, -0.1) is 0 Å². The second-order valence-corrected chi connectivity index (χ2v) is 10.0. The summed E-state index contributed by atoms with van der Waals surface area (Å²) in [4.78, 5) is 10.8. The number of rotatable bonds is 13. The lowest BCUT2D eigenvalue weighted by Gasteiger charge is -2.27. The van der Waals surface area contributed by atoms with Crippen LogP contribution in [0.25, 0.3) is 0 Å². The first-order valence-electron chi connectivity index (χ1n) is 7.98. The van der Waals surface area contributed by atoms with E-state index in [0.29, 0.717) is 6.61 Å². The SMILES string of the molecule is C=CC(=O)OCCCCCCCC[Si](CC)(CC)OC. The predicted molar refractivity (Wildman–Crippen MR) is 87.4 cm³/mol. The van der Waals surface area contributed by atoms with Crippen molar-refractivity contribution in [1.82, 2.24) is 0 Å². The van der Waals surface area contributed by atoms with E-state index < -0.39 is 8.32 Å². The number of esters is 1. The van der Waals surface area contributed by atoms with Gasteiger partial charge in [0, 0.05) is 13.2 Å². The molecule has 3 nitrogen and oxygen atoms in total. The van der Waals surface area contributed by atoms with Crippen LogP contribution in [0.2, 0.25) is 18.1 Å². The molecule has 0 heterocycles. The maximum absolute atomic E-state index is 10.8. The molecule has 0 aliphatic rings. The number of hydrogen-bond acceptors (Lipinski definition) is 3. The lowest BCUT2D eigenvalue weighted by molar-refractivity contribution is -0.137. The fraction of sp³-hybridized carbons (Fsp3) is 0.812. The van der Waals surface area contributed by atoms with Crippen LogP contribution >= 0.6 is 0 Å². The van der Waals surface area contributed by atoms with Gasteiger partial charge in [0.1, 0.15) is 0 Å². The minimum Gasteiger partial charge on any atom is -0.463 e. The highest BCUT2D eigenvalue weighted by Gasteiger charge is 2.28. The van der Waals surface area contributed by atoms with E-state index in [4.69, 9.17) is 9.16 Å². The van der Waals surface area contributed by atoms with Gasteiger partial charge in [-0.3, -0.25) is 0 Å². The average molecular weight is 301 g/mol. The summed E-state index contributed by atoms with van der Waals surface area (Å²) in [6.07, 6.45) is 8.41. The number of ether oxygens (including phenoxy) is 1. The summed E-state index contributed by atoms with van der Waals surface area (Å²) >= 11 is 0. The molecule has 0 saturated heterocycles. The van der Waals surface area contributed by atoms with Gasteiger partial charge in [0.15, 0.2) is 8.32 Å². The van der Waals surface area contributed by atoms with Crippen LogP contribution in [-0.2, 0) is 14.0 Å². The fourth-order valence-corrected chi connectivity index (χ4v) is 5.37. The van der Waals surface area contributed by atoms with Crippen molar-refractivity contribution >= 4 is 14.3 Å². The summed E-state index contributed by atoms with van der Waals surface area (Å²) in [5.41, 5.74) is 0. The van der Waals surface area contributed by atoms with Gasteiger partial charge in [-0.25, -0.2) is 4.79 Å². The van der Waals surface area contributed by atoms with Crippen LogP contribution in [0.15, 0.2) is 12.7 Å². The summed E-state index contributed by atoms with van der Waals surface area (Å²) < 4.78 is 10.8. The van der Waals surface area contributed by atoms with Crippen LogP contribution in [0.4, 0.5) is 0 Å². The fourth-order valence-electron chi connectivity index (χ4n) is 2.48. The molecular weight excluding hydrogens is 268 g/mol. The van der Waals surface area contributed by atoms with E-state index in [0.717, 1.165) is 12.8 Å². The van der Waals surface area contributed by atoms with Crippen molar-refractivity contribution in [3.63, 3.8) is 0 Å². The Labute approximate surface area is 125 Å². The highest BCUT2D eigenvalue weighted by atomic mass is 28.4. The van der Waals surface area contributed by atoms with Crippen LogP contribution in [0.5, 0.6) is 0 Å². The Morgan fingerprint density at radius 3 is 2.10 bits per heavy atom. The molecule has 0 aromatic carbocycles. The van der Waals surface area contributed by atoms with Crippen LogP contribution < -0.4 is 0 Å². The molecule has 0 saturated carbocycles. The van der Waals surface area contributed by atoms with Gasteiger partial charge >= 0.3 is 5.97 Å². The molecule has 20 heavy (non-hydrogen) atoms. The lowest BCUT2D eigenvalue weighted by atomic mass is 10.1. The molecule has 118 valence electrons. The largest absolute Gasteiger partial charge is 0.463 e. The summed E-state index contributed by atoms with van der Waals surface area (Å²) in [5, 5.41) is 0. The summed E-state index contributed by atoms with van der Waals surface area (Å²) in [7, 11) is 0.510. The van der Waals surface area contributed by atoms with E-state index in [1.54, 1.807) is 0 Å².